The Hall–Kier alpha value is -1.46. The quantitative estimate of drug-likeness (QED) is 0.322. The molecule has 0 saturated carbocycles. The summed E-state index contributed by atoms with van der Waals surface area (Å²) < 4.78 is 0. The van der Waals surface area contributed by atoms with Gasteiger partial charge in [0.1, 0.15) is 5.84 Å². The number of hydrogen-bond donors (Lipinski definition) is 2. The van der Waals surface area contributed by atoms with E-state index in [1.165, 1.54) is 6.42 Å². The number of amidine groups is 1. The van der Waals surface area contributed by atoms with Gasteiger partial charge in [-0.25, -0.2) is 4.79 Å². The molecule has 1 fully saturated rings. The minimum Gasteiger partial charge on any atom is -0.409 e. The molecule has 16 heavy (non-hydrogen) atoms. The maximum absolute atomic E-state index is 11.9. The Kier molecular flexibility index (Phi) is 4.88. The van der Waals surface area contributed by atoms with E-state index in [1.807, 2.05) is 4.90 Å². The minimum absolute atomic E-state index is 0.0328. The van der Waals surface area contributed by atoms with Gasteiger partial charge in [-0.1, -0.05) is 5.16 Å². The molecule has 0 atom stereocenters. The highest BCUT2D eigenvalue weighted by atomic mass is 16.4. The predicted octanol–water partition coefficient (Wildman–Crippen LogP) is 0.661. The van der Waals surface area contributed by atoms with Crippen LogP contribution in [-0.2, 0) is 0 Å². The molecule has 1 heterocycles. The standard InChI is InChI=1S/C10H20N4O2/c1-13(8-5-9(11)12-16)10(15)14-6-3-2-4-7-14/h16H,2-8H2,1H3,(H2,11,12). The Labute approximate surface area is 95.7 Å². The summed E-state index contributed by atoms with van der Waals surface area (Å²) in [4.78, 5) is 15.4. The molecule has 0 aromatic carbocycles. The number of nitrogens with zero attached hydrogens (tertiary/aromatic N) is 3. The number of piperidine rings is 1. The van der Waals surface area contributed by atoms with Crippen molar-refractivity contribution in [2.24, 2.45) is 10.9 Å². The van der Waals surface area contributed by atoms with E-state index < -0.39 is 0 Å². The molecule has 0 aliphatic carbocycles. The lowest BCUT2D eigenvalue weighted by atomic mass is 10.1. The maximum atomic E-state index is 11.9. The van der Waals surface area contributed by atoms with Crippen molar-refractivity contribution in [1.29, 1.82) is 0 Å². The van der Waals surface area contributed by atoms with Crippen molar-refractivity contribution in [3.8, 4) is 0 Å². The van der Waals surface area contributed by atoms with Crippen LogP contribution in [0.25, 0.3) is 0 Å². The normalized spacial score (nSPS) is 17.3. The summed E-state index contributed by atoms with van der Waals surface area (Å²) in [6.45, 7) is 2.16. The highest BCUT2D eigenvalue weighted by Crippen LogP contribution is 2.10. The van der Waals surface area contributed by atoms with Crippen LogP contribution in [0, 0.1) is 0 Å². The highest BCUT2D eigenvalue weighted by molar-refractivity contribution is 5.80. The average Bonchev–Trinajstić information content (AvgIpc) is 2.35. The van der Waals surface area contributed by atoms with Crippen LogP contribution in [0.1, 0.15) is 25.7 Å². The molecule has 0 unspecified atom stereocenters. The van der Waals surface area contributed by atoms with E-state index in [0.717, 1.165) is 25.9 Å². The van der Waals surface area contributed by atoms with Crippen LogP contribution in [0.4, 0.5) is 4.79 Å². The SMILES string of the molecule is CN(CCC(N)=NO)C(=O)N1CCCCC1. The van der Waals surface area contributed by atoms with E-state index in [1.54, 1.807) is 11.9 Å². The first-order valence-electron chi connectivity index (χ1n) is 5.61. The largest absolute Gasteiger partial charge is 0.409 e. The highest BCUT2D eigenvalue weighted by Gasteiger charge is 2.19. The first kappa shape index (κ1) is 12.6. The third kappa shape index (κ3) is 3.60. The number of hydrogen-bond acceptors (Lipinski definition) is 3. The molecule has 6 heteroatoms. The summed E-state index contributed by atoms with van der Waals surface area (Å²) >= 11 is 0. The third-order valence-electron chi connectivity index (χ3n) is 2.78. The van der Waals surface area contributed by atoms with Crippen LogP contribution in [-0.4, -0.2) is 53.6 Å². The number of nitrogens with two attached hydrogens (primary N) is 1. The molecule has 2 amide bonds. The molecule has 6 nitrogen and oxygen atoms in total. The number of carbonyl (C=O) groups is 1. The van der Waals surface area contributed by atoms with Gasteiger partial charge >= 0.3 is 6.03 Å². The van der Waals surface area contributed by atoms with Crippen molar-refractivity contribution >= 4 is 11.9 Å². The summed E-state index contributed by atoms with van der Waals surface area (Å²) in [5.41, 5.74) is 5.35. The second kappa shape index (κ2) is 6.19. The number of oxime groups is 1. The molecular weight excluding hydrogens is 208 g/mol. The molecule has 1 aliphatic heterocycles. The summed E-state index contributed by atoms with van der Waals surface area (Å²) in [6.07, 6.45) is 3.77. The molecule has 1 aliphatic rings. The molecular formula is C10H20N4O2. The molecule has 0 radical (unpaired) electrons. The van der Waals surface area contributed by atoms with Crippen LogP contribution in [0.2, 0.25) is 0 Å². The third-order valence-corrected chi connectivity index (χ3v) is 2.78. The number of rotatable bonds is 3. The first-order valence-corrected chi connectivity index (χ1v) is 5.61. The Balaban J connectivity index is 2.34. The van der Waals surface area contributed by atoms with Crippen LogP contribution in [0.3, 0.4) is 0 Å². The summed E-state index contributed by atoms with van der Waals surface area (Å²) in [7, 11) is 1.74. The van der Waals surface area contributed by atoms with Crippen LogP contribution in [0.15, 0.2) is 5.16 Å². The van der Waals surface area contributed by atoms with Crippen LogP contribution >= 0.6 is 0 Å². The fraction of sp³-hybridized carbons (Fsp3) is 0.800. The molecule has 0 aromatic heterocycles. The zero-order valence-electron chi connectivity index (χ0n) is 9.72. The molecule has 0 spiro atoms. The average molecular weight is 228 g/mol. The Morgan fingerprint density at radius 1 is 1.44 bits per heavy atom. The van der Waals surface area contributed by atoms with Crippen molar-refractivity contribution in [2.75, 3.05) is 26.7 Å². The second-order valence-electron chi connectivity index (χ2n) is 4.09. The van der Waals surface area contributed by atoms with E-state index in [-0.39, 0.29) is 11.9 Å². The Morgan fingerprint density at radius 2 is 2.06 bits per heavy atom. The number of likely N-dealkylation sites (tertiary alicyclic amines) is 1. The van der Waals surface area contributed by atoms with Crippen molar-refractivity contribution in [3.63, 3.8) is 0 Å². The predicted molar refractivity (Wildman–Crippen MR) is 61.5 cm³/mol. The molecule has 1 saturated heterocycles. The molecule has 0 aromatic rings. The van der Waals surface area contributed by atoms with E-state index >= 15 is 0 Å². The van der Waals surface area contributed by atoms with Crippen LogP contribution < -0.4 is 5.73 Å². The lowest BCUT2D eigenvalue weighted by molar-refractivity contribution is 0.154. The maximum Gasteiger partial charge on any atom is 0.319 e. The monoisotopic (exact) mass is 228 g/mol. The van der Waals surface area contributed by atoms with Gasteiger partial charge in [0.05, 0.1) is 0 Å². The van der Waals surface area contributed by atoms with Gasteiger partial charge in [-0.15, -0.1) is 0 Å². The molecule has 0 bridgehead atoms. The number of urea groups is 1. The van der Waals surface area contributed by atoms with Crippen LogP contribution in [0.5, 0.6) is 0 Å². The molecule has 1 rings (SSSR count). The summed E-state index contributed by atoms with van der Waals surface area (Å²) in [6, 6.07) is 0.0328. The van der Waals surface area contributed by atoms with Crippen molar-refractivity contribution in [1.82, 2.24) is 9.80 Å². The van der Waals surface area contributed by atoms with Gasteiger partial charge in [0.25, 0.3) is 0 Å². The van der Waals surface area contributed by atoms with Crippen molar-refractivity contribution < 1.29 is 10.0 Å². The lowest BCUT2D eigenvalue weighted by Crippen LogP contribution is -2.44. The smallest absolute Gasteiger partial charge is 0.319 e. The van der Waals surface area contributed by atoms with Crippen molar-refractivity contribution in [3.05, 3.63) is 0 Å². The van der Waals surface area contributed by atoms with Gasteiger partial charge in [-0.3, -0.25) is 0 Å². The number of carbonyl (C=O) groups excluding carboxylic acids is 1. The fourth-order valence-corrected chi connectivity index (χ4v) is 1.75. The van der Waals surface area contributed by atoms with E-state index in [9.17, 15) is 4.79 Å². The molecule has 3 N–H and O–H groups in total. The van der Waals surface area contributed by atoms with Gasteiger partial charge in [-0.2, -0.15) is 0 Å². The summed E-state index contributed by atoms with van der Waals surface area (Å²) in [5.74, 6) is 0.151. The minimum atomic E-state index is 0.0328. The lowest BCUT2D eigenvalue weighted by Gasteiger charge is -2.30. The zero-order valence-corrected chi connectivity index (χ0v) is 9.72. The zero-order chi connectivity index (χ0) is 12.0. The van der Waals surface area contributed by atoms with Gasteiger partial charge in [0.15, 0.2) is 0 Å². The van der Waals surface area contributed by atoms with Gasteiger partial charge in [0.2, 0.25) is 0 Å². The van der Waals surface area contributed by atoms with E-state index in [4.69, 9.17) is 10.9 Å². The Morgan fingerprint density at radius 3 is 2.62 bits per heavy atom. The molecule has 92 valence electrons. The van der Waals surface area contributed by atoms with Gasteiger partial charge < -0.3 is 20.7 Å². The van der Waals surface area contributed by atoms with E-state index in [2.05, 4.69) is 5.16 Å². The van der Waals surface area contributed by atoms with Gasteiger partial charge in [-0.05, 0) is 19.3 Å². The van der Waals surface area contributed by atoms with Crippen molar-refractivity contribution in [2.45, 2.75) is 25.7 Å². The topological polar surface area (TPSA) is 82.2 Å². The second-order valence-corrected chi connectivity index (χ2v) is 4.09. The first-order chi connectivity index (χ1) is 7.65. The Bertz CT molecular complexity index is 262. The van der Waals surface area contributed by atoms with Gasteiger partial charge in [0, 0.05) is 33.1 Å². The van der Waals surface area contributed by atoms with E-state index in [0.29, 0.717) is 13.0 Å². The fourth-order valence-electron chi connectivity index (χ4n) is 1.75. The summed E-state index contributed by atoms with van der Waals surface area (Å²) in [5, 5.41) is 11.3. The number of amides is 2.